The largest absolute Gasteiger partial charge is 0.494 e. The summed E-state index contributed by atoms with van der Waals surface area (Å²) in [6.07, 6.45) is 1.75. The van der Waals surface area contributed by atoms with Crippen LogP contribution in [0.1, 0.15) is 30.1 Å². The van der Waals surface area contributed by atoms with Crippen molar-refractivity contribution in [2.45, 2.75) is 24.5 Å². The summed E-state index contributed by atoms with van der Waals surface area (Å²) in [6, 6.07) is 14.7. The Labute approximate surface area is 183 Å². The monoisotopic (exact) mass is 473 g/mol. The predicted molar refractivity (Wildman–Crippen MR) is 118 cm³/mol. The van der Waals surface area contributed by atoms with E-state index in [9.17, 15) is 4.79 Å². The van der Waals surface area contributed by atoms with E-state index in [0.717, 1.165) is 10.0 Å². The first-order valence-electron chi connectivity index (χ1n) is 9.52. The van der Waals surface area contributed by atoms with Crippen LogP contribution in [0, 0.1) is 0 Å². The second kappa shape index (κ2) is 9.88. The lowest BCUT2D eigenvalue weighted by molar-refractivity contribution is -0.128. The zero-order valence-electron chi connectivity index (χ0n) is 16.4. The van der Waals surface area contributed by atoms with Gasteiger partial charge in [-0.2, -0.15) is 0 Å². The van der Waals surface area contributed by atoms with Gasteiger partial charge in [-0.1, -0.05) is 40.2 Å². The fourth-order valence-electron chi connectivity index (χ4n) is 3.32. The Morgan fingerprint density at radius 3 is 2.70 bits per heavy atom. The second-order valence-corrected chi connectivity index (χ2v) is 7.63. The minimum absolute atomic E-state index is 0.0771. The van der Waals surface area contributed by atoms with E-state index in [1.165, 1.54) is 0 Å². The molecule has 2 aromatic rings. The molecule has 1 aliphatic heterocycles. The molecule has 0 spiro atoms. The molecule has 0 aromatic heterocycles. The Hall–Kier alpha value is -2.68. The third-order valence-electron chi connectivity index (χ3n) is 4.80. The molecule has 0 aliphatic carbocycles. The van der Waals surface area contributed by atoms with Gasteiger partial charge < -0.3 is 14.6 Å². The first kappa shape index (κ1) is 22.0. The van der Waals surface area contributed by atoms with Gasteiger partial charge in [0.2, 0.25) is 5.90 Å². The number of hydrogen-bond acceptors (Lipinski definition) is 6. The molecule has 158 valence electrons. The zero-order valence-corrected chi connectivity index (χ0v) is 18.0. The molecule has 0 saturated carbocycles. The van der Waals surface area contributed by atoms with E-state index in [-0.39, 0.29) is 13.0 Å². The van der Waals surface area contributed by atoms with Gasteiger partial charge in [-0.3, -0.25) is 10.2 Å². The van der Waals surface area contributed by atoms with Crippen LogP contribution in [0.4, 0.5) is 0 Å². The van der Waals surface area contributed by atoms with Crippen molar-refractivity contribution in [3.63, 3.8) is 0 Å². The van der Waals surface area contributed by atoms with Gasteiger partial charge in [0.15, 0.2) is 11.6 Å². The van der Waals surface area contributed by atoms with Crippen LogP contribution in [-0.4, -0.2) is 35.7 Å². The van der Waals surface area contributed by atoms with Gasteiger partial charge in [0.1, 0.15) is 5.75 Å². The third kappa shape index (κ3) is 4.40. The minimum atomic E-state index is -1.29. The Balaban J connectivity index is 1.98. The molecule has 8 heteroatoms. The van der Waals surface area contributed by atoms with Crippen LogP contribution in [0.25, 0.3) is 0 Å². The van der Waals surface area contributed by atoms with E-state index >= 15 is 0 Å². The number of aliphatic imine (C=N–C) groups is 1. The number of aliphatic hydroxyl groups is 1. The predicted octanol–water partition coefficient (Wildman–Crippen LogP) is 3.03. The van der Waals surface area contributed by atoms with Gasteiger partial charge in [0.25, 0.3) is 5.91 Å². The molecule has 2 aromatic carbocycles. The topological polar surface area (TPSA) is 106 Å². The fraction of sp³-hybridized carbons (Fsp3) is 0.273. The van der Waals surface area contributed by atoms with Crippen LogP contribution in [0.2, 0.25) is 0 Å². The zero-order chi connectivity index (χ0) is 21.6. The number of ether oxygens (including phenoxy) is 2. The van der Waals surface area contributed by atoms with Crippen molar-refractivity contribution in [1.29, 1.82) is 0 Å². The third-order valence-corrected chi connectivity index (χ3v) is 5.53. The number of rotatable bonds is 9. The molecule has 0 bridgehead atoms. The van der Waals surface area contributed by atoms with Gasteiger partial charge in [-0.05, 0) is 30.3 Å². The molecule has 1 amide bonds. The Morgan fingerprint density at radius 1 is 1.33 bits per heavy atom. The smallest absolute Gasteiger partial charge is 0.266 e. The van der Waals surface area contributed by atoms with Crippen molar-refractivity contribution < 1.29 is 19.4 Å². The summed E-state index contributed by atoms with van der Waals surface area (Å²) in [5, 5.41) is 8.86. The molecule has 0 fully saturated rings. The highest BCUT2D eigenvalue weighted by molar-refractivity contribution is 9.10. The molecule has 4 N–H and O–H groups in total. The fourth-order valence-corrected chi connectivity index (χ4v) is 3.82. The number of nitrogens with one attached hydrogen (secondary N) is 1. The number of hydrogen-bond donors (Lipinski definition) is 3. The number of benzene rings is 2. The van der Waals surface area contributed by atoms with Gasteiger partial charge in [0, 0.05) is 35.0 Å². The molecule has 0 unspecified atom stereocenters. The van der Waals surface area contributed by atoms with E-state index in [0.29, 0.717) is 30.2 Å². The van der Waals surface area contributed by atoms with Crippen LogP contribution in [0.3, 0.4) is 0 Å². The number of carbonyl (C=O) groups is 1. The van der Waals surface area contributed by atoms with E-state index < -0.39 is 17.6 Å². The molecule has 1 aliphatic rings. The summed E-state index contributed by atoms with van der Waals surface area (Å²) in [7, 11) is 0. The molecule has 30 heavy (non-hydrogen) atoms. The second-order valence-electron chi connectivity index (χ2n) is 6.78. The number of halogens is 1. The van der Waals surface area contributed by atoms with Crippen LogP contribution in [0.5, 0.6) is 5.75 Å². The van der Waals surface area contributed by atoms with E-state index in [2.05, 4.69) is 27.9 Å². The molecule has 3 rings (SSSR count). The SMILES string of the molecule is C=CC[C@]1(C(=O)NN)N=C(c2ccc(OCCCO)cc2)O[C@H]1c1ccccc1Br. The lowest BCUT2D eigenvalue weighted by Crippen LogP contribution is -2.50. The standard InChI is InChI=1S/C22H24BrN3O4/c1-2-12-22(21(28)26-24)19(17-6-3-4-7-18(17)23)30-20(25-22)15-8-10-16(11-9-15)29-14-5-13-27/h2-4,6-11,19,27H,1,5,12-14,24H2,(H,26,28)/t19-,22-/m0/s1. The summed E-state index contributed by atoms with van der Waals surface area (Å²) >= 11 is 3.54. The lowest BCUT2D eigenvalue weighted by atomic mass is 9.84. The van der Waals surface area contributed by atoms with Crippen LogP contribution in [0.15, 0.2) is 70.7 Å². The summed E-state index contributed by atoms with van der Waals surface area (Å²) < 4.78 is 12.6. The van der Waals surface area contributed by atoms with Crippen LogP contribution < -0.4 is 16.0 Å². The van der Waals surface area contributed by atoms with Gasteiger partial charge in [0.05, 0.1) is 6.61 Å². The highest BCUT2D eigenvalue weighted by Crippen LogP contribution is 2.44. The normalized spacial score (nSPS) is 20.2. The van der Waals surface area contributed by atoms with E-state index in [1.54, 1.807) is 18.2 Å². The lowest BCUT2D eigenvalue weighted by Gasteiger charge is -2.29. The van der Waals surface area contributed by atoms with Crippen molar-refractivity contribution in [2.75, 3.05) is 13.2 Å². The molecule has 1 heterocycles. The van der Waals surface area contributed by atoms with Crippen molar-refractivity contribution in [1.82, 2.24) is 5.43 Å². The maximum atomic E-state index is 12.9. The average molecular weight is 474 g/mol. The minimum Gasteiger partial charge on any atom is -0.494 e. The number of amides is 1. The van der Waals surface area contributed by atoms with Gasteiger partial charge in [-0.15, -0.1) is 6.58 Å². The van der Waals surface area contributed by atoms with Crippen molar-refractivity contribution in [3.05, 3.63) is 76.8 Å². The summed E-state index contributed by atoms with van der Waals surface area (Å²) in [5.41, 5.74) is 2.44. The van der Waals surface area contributed by atoms with Crippen LogP contribution >= 0.6 is 15.9 Å². The molecule has 0 saturated heterocycles. The van der Waals surface area contributed by atoms with Gasteiger partial charge >= 0.3 is 0 Å². The average Bonchev–Trinajstić information content (AvgIpc) is 3.15. The maximum Gasteiger partial charge on any atom is 0.266 e. The molecule has 2 atom stereocenters. The first-order valence-corrected chi connectivity index (χ1v) is 10.3. The van der Waals surface area contributed by atoms with Crippen molar-refractivity contribution in [2.24, 2.45) is 10.8 Å². The Morgan fingerprint density at radius 2 is 2.07 bits per heavy atom. The highest BCUT2D eigenvalue weighted by Gasteiger charge is 2.52. The number of nitrogens with zero attached hydrogens (tertiary/aromatic N) is 1. The molecule has 7 nitrogen and oxygen atoms in total. The highest BCUT2D eigenvalue weighted by atomic mass is 79.9. The number of nitrogens with two attached hydrogens (primary N) is 1. The molecular weight excluding hydrogens is 450 g/mol. The van der Waals surface area contributed by atoms with Crippen molar-refractivity contribution in [3.8, 4) is 5.75 Å². The van der Waals surface area contributed by atoms with Crippen LogP contribution in [-0.2, 0) is 9.53 Å². The van der Waals surface area contributed by atoms with E-state index in [1.807, 2.05) is 36.4 Å². The number of aliphatic hydroxyl groups excluding tert-OH is 1. The molecular formula is C22H24BrN3O4. The maximum absolute atomic E-state index is 12.9. The molecule has 0 radical (unpaired) electrons. The van der Waals surface area contributed by atoms with Gasteiger partial charge in [-0.25, -0.2) is 10.8 Å². The summed E-state index contributed by atoms with van der Waals surface area (Å²) in [6.45, 7) is 4.29. The first-order chi connectivity index (χ1) is 14.6. The summed E-state index contributed by atoms with van der Waals surface area (Å²) in [5.74, 6) is 6.05. The Kier molecular flexibility index (Phi) is 7.25. The summed E-state index contributed by atoms with van der Waals surface area (Å²) in [4.78, 5) is 17.6. The number of carbonyl (C=O) groups excluding carboxylic acids is 1. The Bertz CT molecular complexity index is 932. The number of hydrazine groups is 1. The quantitative estimate of drug-likeness (QED) is 0.170. The van der Waals surface area contributed by atoms with Crippen molar-refractivity contribution >= 4 is 27.7 Å². The van der Waals surface area contributed by atoms with E-state index in [4.69, 9.17) is 25.4 Å².